The first-order valence-corrected chi connectivity index (χ1v) is 11.4. The molecule has 9 heteroatoms. The number of rotatable bonds is 9. The molecular formula is C24H30F2N4O3. The second-order valence-electron chi connectivity index (χ2n) is 8.59. The maximum Gasteiger partial charge on any atom is 0.315 e. The van der Waals surface area contributed by atoms with Gasteiger partial charge in [0.15, 0.2) is 0 Å². The highest BCUT2D eigenvalue weighted by molar-refractivity contribution is 5.74. The number of amides is 2. The molecule has 1 saturated carbocycles. The molecule has 2 N–H and O–H groups in total. The normalized spacial score (nSPS) is 21.9. The molecule has 0 spiro atoms. The van der Waals surface area contributed by atoms with Crippen molar-refractivity contribution in [2.24, 2.45) is 5.92 Å². The number of urea groups is 1. The highest BCUT2D eigenvalue weighted by Gasteiger charge is 2.57. The highest BCUT2D eigenvalue weighted by atomic mass is 19.3. The third-order valence-corrected chi connectivity index (χ3v) is 5.96. The van der Waals surface area contributed by atoms with Crippen molar-refractivity contribution in [2.75, 3.05) is 31.1 Å². The van der Waals surface area contributed by atoms with Gasteiger partial charge in [-0.25, -0.2) is 18.6 Å². The van der Waals surface area contributed by atoms with Crippen LogP contribution in [-0.2, 0) is 0 Å². The van der Waals surface area contributed by atoms with Crippen LogP contribution in [0.25, 0.3) is 0 Å². The number of nitrogens with one attached hydrogen (secondary N) is 2. The van der Waals surface area contributed by atoms with Gasteiger partial charge in [-0.2, -0.15) is 0 Å². The van der Waals surface area contributed by atoms with Gasteiger partial charge in [0.1, 0.15) is 23.4 Å². The Morgan fingerprint density at radius 1 is 1.24 bits per heavy atom. The van der Waals surface area contributed by atoms with Gasteiger partial charge in [-0.05, 0) is 43.7 Å². The lowest BCUT2D eigenvalue weighted by atomic mass is 10.1. The van der Waals surface area contributed by atoms with E-state index >= 15 is 0 Å². The smallest absolute Gasteiger partial charge is 0.315 e. The van der Waals surface area contributed by atoms with E-state index in [0.29, 0.717) is 18.8 Å². The number of alkyl halides is 2. The molecule has 178 valence electrons. The Balaban J connectivity index is 1.24. The van der Waals surface area contributed by atoms with Crippen LogP contribution in [0.3, 0.4) is 0 Å². The summed E-state index contributed by atoms with van der Waals surface area (Å²) in [6.07, 6.45) is 2.39. The largest absolute Gasteiger partial charge is 0.491 e. The van der Waals surface area contributed by atoms with Crippen LogP contribution in [0.5, 0.6) is 11.5 Å². The van der Waals surface area contributed by atoms with E-state index in [2.05, 4.69) is 20.5 Å². The lowest BCUT2D eigenvalue weighted by Gasteiger charge is -2.19. The van der Waals surface area contributed by atoms with E-state index in [-0.39, 0.29) is 31.2 Å². The topological polar surface area (TPSA) is 75.7 Å². The zero-order valence-electron chi connectivity index (χ0n) is 18.9. The molecule has 0 radical (unpaired) electrons. The lowest BCUT2D eigenvalue weighted by molar-refractivity contribution is 0.0855. The van der Waals surface area contributed by atoms with Crippen LogP contribution in [0.2, 0.25) is 0 Å². The molecular weight excluding hydrogens is 430 g/mol. The fourth-order valence-electron chi connectivity index (χ4n) is 3.84. The van der Waals surface area contributed by atoms with Gasteiger partial charge in [0.2, 0.25) is 0 Å². The van der Waals surface area contributed by atoms with E-state index in [1.165, 1.54) is 0 Å². The summed E-state index contributed by atoms with van der Waals surface area (Å²) in [5.41, 5.74) is 0.999. The summed E-state index contributed by atoms with van der Waals surface area (Å²) in [4.78, 5) is 18.2. The van der Waals surface area contributed by atoms with Gasteiger partial charge in [-0.15, -0.1) is 0 Å². The Bertz CT molecular complexity index is 940. The van der Waals surface area contributed by atoms with E-state index in [0.717, 1.165) is 30.1 Å². The van der Waals surface area contributed by atoms with E-state index < -0.39 is 11.8 Å². The molecule has 4 rings (SSSR count). The van der Waals surface area contributed by atoms with E-state index in [1.54, 1.807) is 12.3 Å². The first kappa shape index (κ1) is 23.1. The zero-order valence-corrected chi connectivity index (χ0v) is 18.9. The standard InChI is InChI=1S/C24H30F2N4O3/c1-3-27-23(31)29-16(2)17-4-6-19(7-5-17)33-21-10-11-30(14-21)22-9-8-20(13-28-22)32-15-18-12-24(18,25)26/h4-9,13,16,18,21H,3,10-12,14-15H2,1-2H3,(H2,27,29,31). The summed E-state index contributed by atoms with van der Waals surface area (Å²) in [7, 11) is 0. The molecule has 3 atom stereocenters. The lowest BCUT2D eigenvalue weighted by Crippen LogP contribution is -2.36. The van der Waals surface area contributed by atoms with Crippen LogP contribution in [0.1, 0.15) is 38.3 Å². The fraction of sp³-hybridized carbons (Fsp3) is 0.500. The highest BCUT2D eigenvalue weighted by Crippen LogP contribution is 2.48. The van der Waals surface area contributed by atoms with Gasteiger partial charge < -0.3 is 25.0 Å². The van der Waals surface area contributed by atoms with Gasteiger partial charge in [0.25, 0.3) is 5.92 Å². The average Bonchev–Trinajstić information content (AvgIpc) is 3.16. The summed E-state index contributed by atoms with van der Waals surface area (Å²) in [5.74, 6) is -1.15. The van der Waals surface area contributed by atoms with Crippen LogP contribution in [0, 0.1) is 5.92 Å². The molecule has 2 heterocycles. The minimum Gasteiger partial charge on any atom is -0.491 e. The number of aromatic nitrogens is 1. The Labute approximate surface area is 192 Å². The Hall–Kier alpha value is -3.10. The first-order valence-electron chi connectivity index (χ1n) is 11.4. The number of hydrogen-bond acceptors (Lipinski definition) is 5. The van der Waals surface area contributed by atoms with Gasteiger partial charge >= 0.3 is 6.03 Å². The predicted octanol–water partition coefficient (Wildman–Crippen LogP) is 4.15. The summed E-state index contributed by atoms with van der Waals surface area (Å²) in [6, 6.07) is 11.1. The zero-order chi connectivity index (χ0) is 23.4. The number of hydrogen-bond donors (Lipinski definition) is 2. The first-order chi connectivity index (χ1) is 15.8. The van der Waals surface area contributed by atoms with Crippen LogP contribution in [0.15, 0.2) is 42.6 Å². The van der Waals surface area contributed by atoms with Crippen molar-refractivity contribution in [1.29, 1.82) is 0 Å². The number of ether oxygens (including phenoxy) is 2. The summed E-state index contributed by atoms with van der Waals surface area (Å²) in [5, 5.41) is 5.61. The maximum absolute atomic E-state index is 13.0. The SMILES string of the molecule is CCNC(=O)NC(C)c1ccc(OC2CCN(c3ccc(OCC4CC4(F)F)cn3)C2)cc1. The second-order valence-corrected chi connectivity index (χ2v) is 8.59. The summed E-state index contributed by atoms with van der Waals surface area (Å²) in [6.45, 7) is 5.94. The second kappa shape index (κ2) is 9.80. The van der Waals surface area contributed by atoms with Crippen molar-refractivity contribution >= 4 is 11.8 Å². The molecule has 1 saturated heterocycles. The molecule has 1 aromatic heterocycles. The monoisotopic (exact) mass is 460 g/mol. The number of carbonyl (C=O) groups excluding carboxylic acids is 1. The fourth-order valence-corrected chi connectivity index (χ4v) is 3.84. The molecule has 2 amide bonds. The van der Waals surface area contributed by atoms with Crippen molar-refractivity contribution in [3.05, 3.63) is 48.2 Å². The number of pyridine rings is 1. The third kappa shape index (κ3) is 6.03. The molecule has 33 heavy (non-hydrogen) atoms. The molecule has 3 unspecified atom stereocenters. The third-order valence-electron chi connectivity index (χ3n) is 5.96. The minimum absolute atomic E-state index is 0.0211. The molecule has 1 aromatic carbocycles. The van der Waals surface area contributed by atoms with E-state index in [4.69, 9.17) is 9.47 Å². The number of anilines is 1. The summed E-state index contributed by atoms with van der Waals surface area (Å²) < 4.78 is 37.5. The molecule has 7 nitrogen and oxygen atoms in total. The summed E-state index contributed by atoms with van der Waals surface area (Å²) >= 11 is 0. The molecule has 0 bridgehead atoms. The van der Waals surface area contributed by atoms with Crippen molar-refractivity contribution in [1.82, 2.24) is 15.6 Å². The Morgan fingerprint density at radius 3 is 2.61 bits per heavy atom. The number of benzene rings is 1. The van der Waals surface area contributed by atoms with Crippen LogP contribution in [0.4, 0.5) is 19.4 Å². The molecule has 2 aliphatic rings. The van der Waals surface area contributed by atoms with Crippen molar-refractivity contribution < 1.29 is 23.0 Å². The van der Waals surface area contributed by atoms with Gasteiger partial charge in [-0.1, -0.05) is 12.1 Å². The molecule has 1 aliphatic heterocycles. The maximum atomic E-state index is 13.0. The molecule has 1 aliphatic carbocycles. The van der Waals surface area contributed by atoms with Crippen molar-refractivity contribution in [3.8, 4) is 11.5 Å². The van der Waals surface area contributed by atoms with Gasteiger partial charge in [0.05, 0.1) is 31.3 Å². The van der Waals surface area contributed by atoms with Gasteiger partial charge in [0, 0.05) is 25.9 Å². The molecule has 2 aromatic rings. The van der Waals surface area contributed by atoms with Crippen LogP contribution in [-0.4, -0.2) is 49.3 Å². The predicted molar refractivity (Wildman–Crippen MR) is 121 cm³/mol. The van der Waals surface area contributed by atoms with Crippen molar-refractivity contribution in [2.45, 2.75) is 44.8 Å². The average molecular weight is 461 g/mol. The van der Waals surface area contributed by atoms with Gasteiger partial charge in [-0.3, -0.25) is 0 Å². The van der Waals surface area contributed by atoms with Crippen LogP contribution < -0.4 is 25.0 Å². The number of halogens is 2. The minimum atomic E-state index is -2.57. The quantitative estimate of drug-likeness (QED) is 0.588. The van der Waals surface area contributed by atoms with E-state index in [1.807, 2.05) is 44.2 Å². The van der Waals surface area contributed by atoms with Crippen LogP contribution >= 0.6 is 0 Å². The van der Waals surface area contributed by atoms with E-state index in [9.17, 15) is 13.6 Å². The van der Waals surface area contributed by atoms with Crippen molar-refractivity contribution in [3.63, 3.8) is 0 Å². The molecule has 2 fully saturated rings. The number of carbonyl (C=O) groups is 1. The number of nitrogens with zero attached hydrogens (tertiary/aromatic N) is 2. The Kier molecular flexibility index (Phi) is 6.85. The Morgan fingerprint density at radius 2 is 1.97 bits per heavy atom.